The standard InChI is InChI=1S/C13H19N3O2/c1-8-5-11-9(7-15-16-11)6-10(8)13(18)12(17)3-4-14-2/h5-7,12-14,17-18H,3-4H2,1-2H3,(H,15,16). The van der Waals surface area contributed by atoms with E-state index in [2.05, 4.69) is 15.5 Å². The number of aromatic nitrogens is 2. The van der Waals surface area contributed by atoms with Crippen molar-refractivity contribution in [3.05, 3.63) is 29.5 Å². The lowest BCUT2D eigenvalue weighted by atomic mass is 9.96. The van der Waals surface area contributed by atoms with Gasteiger partial charge in [0.25, 0.3) is 0 Å². The van der Waals surface area contributed by atoms with E-state index in [0.29, 0.717) is 13.0 Å². The molecule has 18 heavy (non-hydrogen) atoms. The number of rotatable bonds is 5. The van der Waals surface area contributed by atoms with Gasteiger partial charge in [0.2, 0.25) is 0 Å². The fourth-order valence-electron chi connectivity index (χ4n) is 2.09. The molecule has 98 valence electrons. The van der Waals surface area contributed by atoms with Gasteiger partial charge in [0.05, 0.1) is 17.8 Å². The summed E-state index contributed by atoms with van der Waals surface area (Å²) in [5.74, 6) is 0. The van der Waals surface area contributed by atoms with Crippen LogP contribution in [0.2, 0.25) is 0 Å². The molecule has 1 heterocycles. The monoisotopic (exact) mass is 249 g/mol. The molecule has 2 aromatic rings. The van der Waals surface area contributed by atoms with E-state index in [0.717, 1.165) is 22.0 Å². The Kier molecular flexibility index (Phi) is 3.96. The van der Waals surface area contributed by atoms with Gasteiger partial charge in [0, 0.05) is 5.39 Å². The fourth-order valence-corrected chi connectivity index (χ4v) is 2.09. The Morgan fingerprint density at radius 1 is 1.39 bits per heavy atom. The van der Waals surface area contributed by atoms with Crippen LogP contribution in [0, 0.1) is 6.92 Å². The van der Waals surface area contributed by atoms with Crippen LogP contribution in [0.1, 0.15) is 23.7 Å². The SMILES string of the molecule is CNCCC(O)C(O)c1cc2cn[nH]c2cc1C. The van der Waals surface area contributed by atoms with Crippen LogP contribution in [0.25, 0.3) is 10.9 Å². The van der Waals surface area contributed by atoms with Crippen molar-refractivity contribution < 1.29 is 10.2 Å². The minimum Gasteiger partial charge on any atom is -0.390 e. The Bertz CT molecular complexity index is 524. The predicted octanol–water partition coefficient (Wildman–Crippen LogP) is 0.875. The lowest BCUT2D eigenvalue weighted by Crippen LogP contribution is -2.23. The Hall–Kier alpha value is -1.43. The van der Waals surface area contributed by atoms with Gasteiger partial charge < -0.3 is 15.5 Å². The van der Waals surface area contributed by atoms with Crippen LogP contribution < -0.4 is 5.32 Å². The van der Waals surface area contributed by atoms with Gasteiger partial charge in [-0.1, -0.05) is 0 Å². The topological polar surface area (TPSA) is 81.2 Å². The summed E-state index contributed by atoms with van der Waals surface area (Å²) in [5, 5.41) is 30.9. The zero-order valence-electron chi connectivity index (χ0n) is 10.6. The maximum absolute atomic E-state index is 10.2. The maximum atomic E-state index is 10.2. The maximum Gasteiger partial charge on any atom is 0.105 e. The molecule has 0 fully saturated rings. The molecule has 0 saturated heterocycles. The summed E-state index contributed by atoms with van der Waals surface area (Å²) in [6.45, 7) is 2.59. The molecule has 5 nitrogen and oxygen atoms in total. The second-order valence-electron chi connectivity index (χ2n) is 4.57. The highest BCUT2D eigenvalue weighted by Crippen LogP contribution is 2.26. The number of aliphatic hydroxyl groups is 2. The molecule has 0 bridgehead atoms. The van der Waals surface area contributed by atoms with Crippen molar-refractivity contribution in [3.8, 4) is 0 Å². The van der Waals surface area contributed by atoms with Gasteiger partial charge in [-0.05, 0) is 50.2 Å². The van der Waals surface area contributed by atoms with Crippen molar-refractivity contribution in [2.75, 3.05) is 13.6 Å². The first-order valence-electron chi connectivity index (χ1n) is 6.08. The van der Waals surface area contributed by atoms with Gasteiger partial charge in [-0.3, -0.25) is 5.10 Å². The summed E-state index contributed by atoms with van der Waals surface area (Å²) in [6, 6.07) is 3.81. The van der Waals surface area contributed by atoms with Gasteiger partial charge >= 0.3 is 0 Å². The molecule has 1 aromatic carbocycles. The molecule has 0 aliphatic heterocycles. The number of aromatic amines is 1. The second-order valence-corrected chi connectivity index (χ2v) is 4.57. The van der Waals surface area contributed by atoms with Crippen LogP contribution in [0.15, 0.2) is 18.3 Å². The molecule has 5 heteroatoms. The average Bonchev–Trinajstić information content (AvgIpc) is 2.81. The molecule has 0 aliphatic carbocycles. The molecule has 0 saturated carbocycles. The molecule has 2 unspecified atom stereocenters. The fraction of sp³-hybridized carbons (Fsp3) is 0.462. The molecule has 2 rings (SSSR count). The summed E-state index contributed by atoms with van der Waals surface area (Å²) in [7, 11) is 1.82. The number of fused-ring (bicyclic) bond motifs is 1. The van der Waals surface area contributed by atoms with Gasteiger partial charge in [0.15, 0.2) is 0 Å². The van der Waals surface area contributed by atoms with Crippen molar-refractivity contribution in [3.63, 3.8) is 0 Å². The largest absolute Gasteiger partial charge is 0.390 e. The van der Waals surface area contributed by atoms with E-state index in [1.807, 2.05) is 26.1 Å². The number of nitrogens with one attached hydrogen (secondary N) is 2. The number of benzene rings is 1. The molecule has 4 N–H and O–H groups in total. The Morgan fingerprint density at radius 2 is 2.17 bits per heavy atom. The number of aliphatic hydroxyl groups excluding tert-OH is 2. The number of H-pyrrole nitrogens is 1. The van der Waals surface area contributed by atoms with Crippen LogP contribution in [0.4, 0.5) is 0 Å². The van der Waals surface area contributed by atoms with Gasteiger partial charge in [-0.25, -0.2) is 0 Å². The van der Waals surface area contributed by atoms with E-state index in [1.54, 1.807) is 6.20 Å². The number of hydrogen-bond donors (Lipinski definition) is 4. The van der Waals surface area contributed by atoms with Crippen molar-refractivity contribution in [1.82, 2.24) is 15.5 Å². The summed E-state index contributed by atoms with van der Waals surface area (Å²) in [5.41, 5.74) is 2.64. The minimum atomic E-state index is -0.863. The second kappa shape index (κ2) is 5.48. The molecule has 2 atom stereocenters. The van der Waals surface area contributed by atoms with Crippen LogP contribution in [-0.4, -0.2) is 40.1 Å². The molecule has 0 aliphatic rings. The third-order valence-corrected chi connectivity index (χ3v) is 3.20. The Morgan fingerprint density at radius 3 is 2.89 bits per heavy atom. The van der Waals surface area contributed by atoms with E-state index in [9.17, 15) is 10.2 Å². The Labute approximate surface area is 106 Å². The lowest BCUT2D eigenvalue weighted by molar-refractivity contribution is 0.0137. The van der Waals surface area contributed by atoms with Crippen LogP contribution in [0.3, 0.4) is 0 Å². The molecule has 0 radical (unpaired) electrons. The summed E-state index contributed by atoms with van der Waals surface area (Å²) in [6.07, 6.45) is 0.601. The van der Waals surface area contributed by atoms with Crippen molar-refractivity contribution >= 4 is 10.9 Å². The summed E-state index contributed by atoms with van der Waals surface area (Å²) < 4.78 is 0. The molecule has 0 amide bonds. The smallest absolute Gasteiger partial charge is 0.105 e. The first-order valence-corrected chi connectivity index (χ1v) is 6.08. The summed E-state index contributed by atoms with van der Waals surface area (Å²) in [4.78, 5) is 0. The molecule has 1 aromatic heterocycles. The van der Waals surface area contributed by atoms with Gasteiger partial charge in [-0.2, -0.15) is 5.10 Å². The van der Waals surface area contributed by atoms with Crippen molar-refractivity contribution in [1.29, 1.82) is 0 Å². The molecular weight excluding hydrogens is 230 g/mol. The highest BCUT2D eigenvalue weighted by Gasteiger charge is 2.20. The van der Waals surface area contributed by atoms with E-state index in [-0.39, 0.29) is 0 Å². The lowest BCUT2D eigenvalue weighted by Gasteiger charge is -2.20. The number of hydrogen-bond acceptors (Lipinski definition) is 4. The van der Waals surface area contributed by atoms with Crippen molar-refractivity contribution in [2.45, 2.75) is 25.6 Å². The molecule has 0 spiro atoms. The zero-order chi connectivity index (χ0) is 13.1. The third kappa shape index (κ3) is 2.53. The number of nitrogens with zero attached hydrogens (tertiary/aromatic N) is 1. The van der Waals surface area contributed by atoms with Gasteiger partial charge in [0.1, 0.15) is 6.10 Å². The van der Waals surface area contributed by atoms with E-state index < -0.39 is 12.2 Å². The quantitative estimate of drug-likeness (QED) is 0.634. The highest BCUT2D eigenvalue weighted by molar-refractivity contribution is 5.79. The average molecular weight is 249 g/mol. The predicted molar refractivity (Wildman–Crippen MR) is 70.3 cm³/mol. The highest BCUT2D eigenvalue weighted by atomic mass is 16.3. The molecular formula is C13H19N3O2. The summed E-state index contributed by atoms with van der Waals surface area (Å²) >= 11 is 0. The van der Waals surface area contributed by atoms with E-state index in [1.165, 1.54) is 0 Å². The van der Waals surface area contributed by atoms with E-state index in [4.69, 9.17) is 0 Å². The van der Waals surface area contributed by atoms with Crippen LogP contribution in [0.5, 0.6) is 0 Å². The zero-order valence-corrected chi connectivity index (χ0v) is 10.6. The van der Waals surface area contributed by atoms with Crippen LogP contribution in [-0.2, 0) is 0 Å². The Balaban J connectivity index is 2.25. The first kappa shape index (κ1) is 13.0. The number of aryl methyl sites for hydroxylation is 1. The van der Waals surface area contributed by atoms with Crippen molar-refractivity contribution in [2.24, 2.45) is 0 Å². The van der Waals surface area contributed by atoms with Crippen LogP contribution >= 0.6 is 0 Å². The minimum absolute atomic E-state index is 0.514. The van der Waals surface area contributed by atoms with Gasteiger partial charge in [-0.15, -0.1) is 0 Å². The van der Waals surface area contributed by atoms with E-state index >= 15 is 0 Å². The normalized spacial score (nSPS) is 14.9. The third-order valence-electron chi connectivity index (χ3n) is 3.20. The first-order chi connectivity index (χ1) is 8.63.